The summed E-state index contributed by atoms with van der Waals surface area (Å²) in [4.78, 5) is 10.9. The first-order chi connectivity index (χ1) is 7.11. The quantitative estimate of drug-likeness (QED) is 0.909. The van der Waals surface area contributed by atoms with Crippen LogP contribution in [0.1, 0.15) is 13.0 Å². The molecule has 78 valence electrons. The molecule has 0 fully saturated rings. The van der Waals surface area contributed by atoms with Crippen LogP contribution in [-0.4, -0.2) is 15.6 Å². The zero-order chi connectivity index (χ0) is 11.0. The molecule has 0 amide bonds. The number of rotatable bonds is 2. The summed E-state index contributed by atoms with van der Waals surface area (Å²) in [7, 11) is 0. The molecule has 1 N–H and O–H groups in total. The number of carbonyl (C=O) groups is 1. The van der Waals surface area contributed by atoms with Gasteiger partial charge in [0.25, 0.3) is 0 Å². The Hall–Kier alpha value is -1.29. The second-order valence-electron chi connectivity index (χ2n) is 3.41. The molecular formula is C11H10BrNO2. The van der Waals surface area contributed by atoms with Crippen LogP contribution in [0.2, 0.25) is 0 Å². The van der Waals surface area contributed by atoms with Crippen molar-refractivity contribution in [2.45, 2.75) is 13.0 Å². The van der Waals surface area contributed by atoms with E-state index in [1.54, 1.807) is 17.7 Å². The Kier molecular flexibility index (Phi) is 2.52. The van der Waals surface area contributed by atoms with Gasteiger partial charge in [0.15, 0.2) is 0 Å². The van der Waals surface area contributed by atoms with Crippen molar-refractivity contribution in [2.24, 2.45) is 0 Å². The maximum absolute atomic E-state index is 10.9. The summed E-state index contributed by atoms with van der Waals surface area (Å²) in [6, 6.07) is 7.13. The van der Waals surface area contributed by atoms with Crippen molar-refractivity contribution in [3.63, 3.8) is 0 Å². The molecule has 0 saturated heterocycles. The van der Waals surface area contributed by atoms with E-state index in [9.17, 15) is 4.79 Å². The SMILES string of the molecule is CC(C(=O)O)n1ccc2c(Br)cccc21. The van der Waals surface area contributed by atoms with Gasteiger partial charge in [-0.2, -0.15) is 0 Å². The van der Waals surface area contributed by atoms with Crippen molar-refractivity contribution in [2.75, 3.05) is 0 Å². The van der Waals surface area contributed by atoms with Gasteiger partial charge in [0.1, 0.15) is 6.04 Å². The van der Waals surface area contributed by atoms with E-state index < -0.39 is 12.0 Å². The Morgan fingerprint density at radius 1 is 1.47 bits per heavy atom. The van der Waals surface area contributed by atoms with Gasteiger partial charge >= 0.3 is 5.97 Å². The first-order valence-electron chi connectivity index (χ1n) is 4.59. The highest BCUT2D eigenvalue weighted by atomic mass is 79.9. The number of fused-ring (bicyclic) bond motifs is 1. The zero-order valence-electron chi connectivity index (χ0n) is 8.14. The molecule has 1 aromatic carbocycles. The van der Waals surface area contributed by atoms with E-state index in [2.05, 4.69) is 15.9 Å². The predicted molar refractivity (Wildman–Crippen MR) is 62.0 cm³/mol. The van der Waals surface area contributed by atoms with Gasteiger partial charge in [-0.15, -0.1) is 0 Å². The molecule has 0 saturated carbocycles. The highest BCUT2D eigenvalue weighted by Gasteiger charge is 2.15. The summed E-state index contributed by atoms with van der Waals surface area (Å²) in [5.41, 5.74) is 0.930. The lowest BCUT2D eigenvalue weighted by Crippen LogP contribution is -2.14. The second kappa shape index (κ2) is 3.70. The molecular weight excluding hydrogens is 258 g/mol. The van der Waals surface area contributed by atoms with E-state index in [0.717, 1.165) is 15.4 Å². The number of aromatic nitrogens is 1. The molecule has 4 heteroatoms. The van der Waals surface area contributed by atoms with Gasteiger partial charge in [0.05, 0.1) is 0 Å². The molecule has 3 nitrogen and oxygen atoms in total. The van der Waals surface area contributed by atoms with E-state index in [1.165, 1.54) is 0 Å². The third kappa shape index (κ3) is 1.65. The number of benzene rings is 1. The molecule has 1 heterocycles. The van der Waals surface area contributed by atoms with Crippen LogP contribution in [0.5, 0.6) is 0 Å². The van der Waals surface area contributed by atoms with Gasteiger partial charge in [-0.25, -0.2) is 4.79 Å². The molecule has 0 bridgehead atoms. The van der Waals surface area contributed by atoms with E-state index in [-0.39, 0.29) is 0 Å². The van der Waals surface area contributed by atoms with Crippen molar-refractivity contribution < 1.29 is 9.90 Å². The van der Waals surface area contributed by atoms with Gasteiger partial charge in [-0.3, -0.25) is 0 Å². The molecule has 15 heavy (non-hydrogen) atoms. The van der Waals surface area contributed by atoms with Gasteiger partial charge in [0.2, 0.25) is 0 Å². The average Bonchev–Trinajstić information content (AvgIpc) is 2.61. The minimum atomic E-state index is -0.826. The Morgan fingerprint density at radius 3 is 2.87 bits per heavy atom. The number of hydrogen-bond acceptors (Lipinski definition) is 1. The summed E-state index contributed by atoms with van der Waals surface area (Å²) in [5, 5.41) is 9.98. The lowest BCUT2D eigenvalue weighted by molar-refractivity contribution is -0.140. The van der Waals surface area contributed by atoms with Gasteiger partial charge in [-0.1, -0.05) is 22.0 Å². The van der Waals surface area contributed by atoms with Crippen LogP contribution in [0.3, 0.4) is 0 Å². The molecule has 0 radical (unpaired) electrons. The standard InChI is InChI=1S/C11H10BrNO2/c1-7(11(14)15)13-6-5-8-9(12)3-2-4-10(8)13/h2-7H,1H3,(H,14,15). The van der Waals surface area contributed by atoms with E-state index in [1.807, 2.05) is 24.3 Å². The predicted octanol–water partition coefficient (Wildman–Crippen LogP) is 3.05. The Balaban J connectivity index is 2.64. The largest absolute Gasteiger partial charge is 0.480 e. The fourth-order valence-electron chi connectivity index (χ4n) is 1.61. The number of nitrogens with zero attached hydrogens (tertiary/aromatic N) is 1. The lowest BCUT2D eigenvalue weighted by atomic mass is 10.2. The second-order valence-corrected chi connectivity index (χ2v) is 4.26. The first kappa shape index (κ1) is 10.2. The molecule has 0 aliphatic carbocycles. The van der Waals surface area contributed by atoms with Crippen LogP contribution in [0.15, 0.2) is 34.9 Å². The topological polar surface area (TPSA) is 42.2 Å². The monoisotopic (exact) mass is 267 g/mol. The van der Waals surface area contributed by atoms with E-state index in [4.69, 9.17) is 5.11 Å². The molecule has 2 rings (SSSR count). The number of carboxylic acids is 1. The number of carboxylic acid groups (broad SMARTS) is 1. The van der Waals surface area contributed by atoms with Crippen molar-refractivity contribution in [3.05, 3.63) is 34.9 Å². The maximum atomic E-state index is 10.9. The van der Waals surface area contributed by atoms with Crippen LogP contribution in [-0.2, 0) is 4.79 Å². The highest BCUT2D eigenvalue weighted by molar-refractivity contribution is 9.10. The summed E-state index contributed by atoms with van der Waals surface area (Å²) in [6.45, 7) is 1.67. The van der Waals surface area contributed by atoms with Crippen LogP contribution in [0.25, 0.3) is 10.9 Å². The Labute approximate surface area is 95.5 Å². The summed E-state index contributed by atoms with van der Waals surface area (Å²) in [5.74, 6) is -0.826. The van der Waals surface area contributed by atoms with Crippen LogP contribution in [0, 0.1) is 0 Å². The molecule has 1 atom stereocenters. The maximum Gasteiger partial charge on any atom is 0.326 e. The molecule has 2 aromatic rings. The van der Waals surface area contributed by atoms with Crippen molar-refractivity contribution in [1.29, 1.82) is 0 Å². The van der Waals surface area contributed by atoms with Gasteiger partial charge < -0.3 is 9.67 Å². The van der Waals surface area contributed by atoms with Crippen molar-refractivity contribution >= 4 is 32.8 Å². The third-order valence-corrected chi connectivity index (χ3v) is 3.18. The highest BCUT2D eigenvalue weighted by Crippen LogP contribution is 2.26. The van der Waals surface area contributed by atoms with Gasteiger partial charge in [-0.05, 0) is 25.1 Å². The van der Waals surface area contributed by atoms with Crippen LogP contribution < -0.4 is 0 Å². The van der Waals surface area contributed by atoms with E-state index >= 15 is 0 Å². The van der Waals surface area contributed by atoms with Crippen LogP contribution in [0.4, 0.5) is 0 Å². The molecule has 0 aliphatic heterocycles. The van der Waals surface area contributed by atoms with Crippen molar-refractivity contribution in [1.82, 2.24) is 4.57 Å². The van der Waals surface area contributed by atoms with Crippen LogP contribution >= 0.6 is 15.9 Å². The van der Waals surface area contributed by atoms with Crippen molar-refractivity contribution in [3.8, 4) is 0 Å². The normalized spacial score (nSPS) is 12.9. The zero-order valence-corrected chi connectivity index (χ0v) is 9.73. The van der Waals surface area contributed by atoms with E-state index in [0.29, 0.717) is 0 Å². The summed E-state index contributed by atoms with van der Waals surface area (Å²) < 4.78 is 2.74. The fraction of sp³-hybridized carbons (Fsp3) is 0.182. The number of aliphatic carboxylic acids is 1. The Bertz CT molecular complexity index is 518. The first-order valence-corrected chi connectivity index (χ1v) is 5.38. The molecule has 0 spiro atoms. The smallest absolute Gasteiger partial charge is 0.326 e. The average molecular weight is 268 g/mol. The summed E-state index contributed by atoms with van der Waals surface area (Å²) in [6.07, 6.45) is 1.80. The fourth-order valence-corrected chi connectivity index (χ4v) is 2.10. The minimum Gasteiger partial charge on any atom is -0.480 e. The lowest BCUT2D eigenvalue weighted by Gasteiger charge is -2.10. The number of halogens is 1. The minimum absolute atomic E-state index is 0.545. The number of hydrogen-bond donors (Lipinski definition) is 1. The molecule has 0 aliphatic rings. The van der Waals surface area contributed by atoms with Gasteiger partial charge in [0, 0.05) is 21.6 Å². The Morgan fingerprint density at radius 2 is 2.20 bits per heavy atom. The molecule has 1 aromatic heterocycles. The summed E-state index contributed by atoms with van der Waals surface area (Å²) >= 11 is 3.44. The molecule has 1 unspecified atom stereocenters. The third-order valence-electron chi connectivity index (χ3n) is 2.48.